The van der Waals surface area contributed by atoms with Gasteiger partial charge in [-0.2, -0.15) is 0 Å². The topological polar surface area (TPSA) is 75.7 Å². The molecule has 0 heterocycles. The van der Waals surface area contributed by atoms with Crippen molar-refractivity contribution in [1.82, 2.24) is 0 Å². The fourth-order valence-corrected chi connectivity index (χ4v) is 1.83. The van der Waals surface area contributed by atoms with Gasteiger partial charge in [0.05, 0.1) is 19.8 Å². The molecule has 0 aromatic heterocycles. The van der Waals surface area contributed by atoms with Gasteiger partial charge < -0.3 is 20.7 Å². The highest BCUT2D eigenvalue weighted by Gasteiger charge is 2.21. The molecule has 4 heteroatoms. The minimum atomic E-state index is -0.709. The Balaban J connectivity index is 0.00000172. The lowest BCUT2D eigenvalue weighted by Crippen LogP contribution is -2.43. The van der Waals surface area contributed by atoms with Gasteiger partial charge >= 0.3 is 0 Å². The summed E-state index contributed by atoms with van der Waals surface area (Å²) in [6, 6.07) is 7.78. The molecular formula is C16H29NO3. The number of benzene rings is 1. The second-order valence-electron chi connectivity index (χ2n) is 5.06. The predicted octanol–water partition coefficient (Wildman–Crippen LogP) is 2.11. The van der Waals surface area contributed by atoms with E-state index in [1.54, 1.807) is 14.0 Å². The van der Waals surface area contributed by atoms with Crippen LogP contribution < -0.4 is 10.5 Å². The van der Waals surface area contributed by atoms with E-state index in [1.807, 2.05) is 38.1 Å². The number of hydrogen-bond donors (Lipinski definition) is 3. The third-order valence-corrected chi connectivity index (χ3v) is 2.99. The Labute approximate surface area is 122 Å². The van der Waals surface area contributed by atoms with E-state index in [2.05, 4.69) is 0 Å². The molecule has 0 radical (unpaired) electrons. The standard InChI is InChI=1S/C14H23NO3.C2H6/c1-14(15,10-16)9-12(17)6-3-11-4-7-13(18-2)8-5-11;1-2/h4-5,7-8,12,16-17H,3,6,9-10,15H2,1-2H3;1-2H3. The van der Waals surface area contributed by atoms with Gasteiger partial charge in [-0.15, -0.1) is 0 Å². The molecule has 4 nitrogen and oxygen atoms in total. The Morgan fingerprint density at radius 3 is 2.25 bits per heavy atom. The number of ether oxygens (including phenoxy) is 1. The molecule has 2 atom stereocenters. The molecule has 0 aliphatic rings. The fraction of sp³-hybridized carbons (Fsp3) is 0.625. The molecule has 1 rings (SSSR count). The van der Waals surface area contributed by atoms with E-state index in [4.69, 9.17) is 15.6 Å². The van der Waals surface area contributed by atoms with Gasteiger partial charge in [0.15, 0.2) is 0 Å². The maximum atomic E-state index is 9.86. The van der Waals surface area contributed by atoms with Gasteiger partial charge in [0, 0.05) is 5.54 Å². The minimum absolute atomic E-state index is 0.118. The summed E-state index contributed by atoms with van der Waals surface area (Å²) in [6.45, 7) is 5.62. The van der Waals surface area contributed by atoms with Gasteiger partial charge in [0.1, 0.15) is 5.75 Å². The lowest BCUT2D eigenvalue weighted by Gasteiger charge is -2.24. The first-order valence-corrected chi connectivity index (χ1v) is 7.17. The van der Waals surface area contributed by atoms with Crippen LogP contribution in [-0.2, 0) is 6.42 Å². The quantitative estimate of drug-likeness (QED) is 0.716. The van der Waals surface area contributed by atoms with Gasteiger partial charge in [0.2, 0.25) is 0 Å². The summed E-state index contributed by atoms with van der Waals surface area (Å²) in [5, 5.41) is 18.9. The fourth-order valence-electron chi connectivity index (χ4n) is 1.83. The molecule has 0 fully saturated rings. The van der Waals surface area contributed by atoms with E-state index in [0.717, 1.165) is 17.7 Å². The van der Waals surface area contributed by atoms with Crippen LogP contribution in [0.3, 0.4) is 0 Å². The van der Waals surface area contributed by atoms with Crippen molar-refractivity contribution < 1.29 is 14.9 Å². The summed E-state index contributed by atoms with van der Waals surface area (Å²) < 4.78 is 5.08. The second kappa shape index (κ2) is 9.75. The number of rotatable bonds is 7. The van der Waals surface area contributed by atoms with E-state index in [0.29, 0.717) is 12.8 Å². The van der Waals surface area contributed by atoms with E-state index in [9.17, 15) is 5.11 Å². The molecule has 0 bridgehead atoms. The van der Waals surface area contributed by atoms with Crippen LogP contribution in [0.25, 0.3) is 0 Å². The first-order valence-electron chi connectivity index (χ1n) is 7.17. The summed E-state index contributed by atoms with van der Waals surface area (Å²) in [5.41, 5.74) is 6.24. The van der Waals surface area contributed by atoms with E-state index >= 15 is 0 Å². The van der Waals surface area contributed by atoms with Crippen molar-refractivity contribution in [3.05, 3.63) is 29.8 Å². The van der Waals surface area contributed by atoms with Crippen molar-refractivity contribution in [2.45, 2.75) is 51.7 Å². The maximum absolute atomic E-state index is 9.86. The molecule has 4 N–H and O–H groups in total. The van der Waals surface area contributed by atoms with Crippen LogP contribution in [0.4, 0.5) is 0 Å². The normalized spacial score (nSPS) is 14.8. The zero-order valence-electron chi connectivity index (χ0n) is 13.1. The lowest BCUT2D eigenvalue weighted by molar-refractivity contribution is 0.100. The van der Waals surface area contributed by atoms with E-state index < -0.39 is 11.6 Å². The number of methoxy groups -OCH3 is 1. The largest absolute Gasteiger partial charge is 0.497 e. The Kier molecular flexibility index (Phi) is 9.21. The van der Waals surface area contributed by atoms with Crippen LogP contribution in [-0.4, -0.2) is 35.6 Å². The average molecular weight is 283 g/mol. The van der Waals surface area contributed by atoms with Gasteiger partial charge in [-0.05, 0) is 43.9 Å². The Hall–Kier alpha value is -1.10. The van der Waals surface area contributed by atoms with Crippen molar-refractivity contribution in [3.8, 4) is 5.75 Å². The zero-order valence-corrected chi connectivity index (χ0v) is 13.1. The molecule has 1 aromatic carbocycles. The molecule has 0 amide bonds. The van der Waals surface area contributed by atoms with Gasteiger partial charge in [-0.1, -0.05) is 26.0 Å². The highest BCUT2D eigenvalue weighted by molar-refractivity contribution is 5.27. The Morgan fingerprint density at radius 2 is 1.80 bits per heavy atom. The van der Waals surface area contributed by atoms with Crippen LogP contribution in [0.1, 0.15) is 39.2 Å². The third kappa shape index (κ3) is 7.48. The highest BCUT2D eigenvalue weighted by Crippen LogP contribution is 2.16. The van der Waals surface area contributed by atoms with Gasteiger partial charge in [0.25, 0.3) is 0 Å². The first-order chi connectivity index (χ1) is 9.46. The van der Waals surface area contributed by atoms with Crippen molar-refractivity contribution in [2.24, 2.45) is 5.73 Å². The van der Waals surface area contributed by atoms with Crippen LogP contribution in [0, 0.1) is 0 Å². The highest BCUT2D eigenvalue weighted by atomic mass is 16.5. The molecular weight excluding hydrogens is 254 g/mol. The van der Waals surface area contributed by atoms with Crippen molar-refractivity contribution in [1.29, 1.82) is 0 Å². The first kappa shape index (κ1) is 18.9. The third-order valence-electron chi connectivity index (χ3n) is 2.99. The molecule has 0 aliphatic heterocycles. The van der Waals surface area contributed by atoms with E-state index in [-0.39, 0.29) is 6.61 Å². The average Bonchev–Trinajstić information content (AvgIpc) is 2.47. The minimum Gasteiger partial charge on any atom is -0.497 e. The molecule has 1 aromatic rings. The van der Waals surface area contributed by atoms with Gasteiger partial charge in [-0.3, -0.25) is 0 Å². The number of aliphatic hydroxyl groups excluding tert-OH is 2. The van der Waals surface area contributed by atoms with Crippen LogP contribution >= 0.6 is 0 Å². The number of hydrogen-bond acceptors (Lipinski definition) is 4. The summed E-state index contributed by atoms with van der Waals surface area (Å²) in [4.78, 5) is 0. The summed E-state index contributed by atoms with van der Waals surface area (Å²) in [5.74, 6) is 0.828. The van der Waals surface area contributed by atoms with E-state index in [1.165, 1.54) is 0 Å². The van der Waals surface area contributed by atoms with Crippen LogP contribution in [0.5, 0.6) is 5.75 Å². The van der Waals surface area contributed by atoms with Crippen LogP contribution in [0.15, 0.2) is 24.3 Å². The number of aryl methyl sites for hydroxylation is 1. The monoisotopic (exact) mass is 283 g/mol. The molecule has 20 heavy (non-hydrogen) atoms. The van der Waals surface area contributed by atoms with Crippen molar-refractivity contribution >= 4 is 0 Å². The summed E-state index contributed by atoms with van der Waals surface area (Å²) in [7, 11) is 1.63. The number of nitrogens with two attached hydrogens (primary N) is 1. The lowest BCUT2D eigenvalue weighted by atomic mass is 9.93. The molecule has 0 aliphatic carbocycles. The molecule has 0 saturated carbocycles. The zero-order chi connectivity index (χ0) is 15.6. The Bertz CT molecular complexity index is 349. The maximum Gasteiger partial charge on any atom is 0.118 e. The summed E-state index contributed by atoms with van der Waals surface area (Å²) in [6.07, 6.45) is 1.33. The molecule has 0 saturated heterocycles. The van der Waals surface area contributed by atoms with Crippen molar-refractivity contribution in [2.75, 3.05) is 13.7 Å². The molecule has 0 spiro atoms. The molecule has 2 unspecified atom stereocenters. The SMILES string of the molecule is CC.COc1ccc(CCC(O)CC(C)(N)CO)cc1. The Morgan fingerprint density at radius 1 is 1.25 bits per heavy atom. The van der Waals surface area contributed by atoms with Gasteiger partial charge in [-0.25, -0.2) is 0 Å². The number of aliphatic hydroxyl groups is 2. The smallest absolute Gasteiger partial charge is 0.118 e. The predicted molar refractivity (Wildman–Crippen MR) is 83.0 cm³/mol. The second-order valence-corrected chi connectivity index (χ2v) is 5.06. The van der Waals surface area contributed by atoms with Crippen LogP contribution in [0.2, 0.25) is 0 Å². The summed E-state index contributed by atoms with van der Waals surface area (Å²) >= 11 is 0. The van der Waals surface area contributed by atoms with Crippen molar-refractivity contribution in [3.63, 3.8) is 0 Å². The molecule has 116 valence electrons.